The number of fused-ring (bicyclic) bond motifs is 3. The van der Waals surface area contributed by atoms with E-state index in [0.29, 0.717) is 5.56 Å². The number of nitriles is 1. The smallest absolute Gasteiger partial charge is 0.143 e. The van der Waals surface area contributed by atoms with Gasteiger partial charge in [-0.15, -0.1) is 0 Å². The van der Waals surface area contributed by atoms with Gasteiger partial charge >= 0.3 is 0 Å². The molecule has 63 heavy (non-hydrogen) atoms. The third-order valence-electron chi connectivity index (χ3n) is 11.9. The van der Waals surface area contributed by atoms with Crippen LogP contribution in [0.25, 0.3) is 111 Å². The molecule has 3 heterocycles. The van der Waals surface area contributed by atoms with Crippen molar-refractivity contribution < 1.29 is 4.42 Å². The summed E-state index contributed by atoms with van der Waals surface area (Å²) in [6.07, 6.45) is 3.87. The number of hydrogen-bond donors (Lipinski definition) is 0. The highest BCUT2D eigenvalue weighted by atomic mass is 16.3. The fraction of sp³-hybridized carbons (Fsp3) is 0. The second-order valence-electron chi connectivity index (χ2n) is 15.7. The molecule has 0 aliphatic rings. The SMILES string of the molecule is N#Cc1ccc(-c2ccc(-c3ccc(-c4cc(-c5ccc(-c6ccc(-c7ccccc7)nc6)cc5)cc(-c5cccc6c5oc5c(-c7ccccc7)cccc56)c4)cc3)cn2)cc1. The molecule has 4 nitrogen and oxygen atoms in total. The standard InChI is InChI=1S/C59H37N3O/c60-36-39-17-19-46(20-18-39)57-32-30-48(38-62-57)41-23-27-43(28-24-41)50-33-49(42-25-21-40(22-26-42)47-29-31-56(61-37-47)45-11-5-2-6-12-45)34-51(35-50)53-14-8-16-55-54-15-7-13-52(58(54)63-59(53)55)44-9-3-1-4-10-44/h1-35,37-38H. The molecule has 0 unspecified atom stereocenters. The van der Waals surface area contributed by atoms with Crippen LogP contribution in [-0.4, -0.2) is 9.97 Å². The van der Waals surface area contributed by atoms with Gasteiger partial charge in [0.15, 0.2) is 0 Å². The third kappa shape index (κ3) is 7.24. The van der Waals surface area contributed by atoms with Gasteiger partial charge in [0.2, 0.25) is 0 Å². The van der Waals surface area contributed by atoms with Crippen molar-refractivity contribution in [3.63, 3.8) is 0 Å². The summed E-state index contributed by atoms with van der Waals surface area (Å²) in [4.78, 5) is 9.55. The van der Waals surface area contributed by atoms with E-state index >= 15 is 0 Å². The molecule has 0 atom stereocenters. The molecule has 0 saturated carbocycles. The van der Waals surface area contributed by atoms with E-state index in [1.807, 2.05) is 67.0 Å². The summed E-state index contributed by atoms with van der Waals surface area (Å²) < 4.78 is 6.90. The van der Waals surface area contributed by atoms with Crippen LogP contribution in [0.2, 0.25) is 0 Å². The molecule has 294 valence electrons. The normalized spacial score (nSPS) is 11.2. The van der Waals surface area contributed by atoms with Gasteiger partial charge in [-0.05, 0) is 87.0 Å². The van der Waals surface area contributed by atoms with Crippen molar-refractivity contribution in [3.8, 4) is 95.3 Å². The Morgan fingerprint density at radius 2 is 0.714 bits per heavy atom. The van der Waals surface area contributed by atoms with E-state index in [0.717, 1.165) is 111 Å². The minimum Gasteiger partial charge on any atom is -0.455 e. The van der Waals surface area contributed by atoms with Gasteiger partial charge in [-0.2, -0.15) is 5.26 Å². The van der Waals surface area contributed by atoms with Crippen LogP contribution in [0.3, 0.4) is 0 Å². The lowest BCUT2D eigenvalue weighted by atomic mass is 9.91. The number of rotatable bonds is 8. The summed E-state index contributed by atoms with van der Waals surface area (Å²) in [5.41, 5.74) is 19.3. The first-order chi connectivity index (χ1) is 31.1. The van der Waals surface area contributed by atoms with Crippen molar-refractivity contribution in [2.75, 3.05) is 0 Å². The zero-order chi connectivity index (χ0) is 42.1. The molecule has 0 aliphatic heterocycles. The van der Waals surface area contributed by atoms with Crippen LogP contribution in [0.5, 0.6) is 0 Å². The quantitative estimate of drug-likeness (QED) is 0.153. The van der Waals surface area contributed by atoms with Crippen LogP contribution in [0.15, 0.2) is 229 Å². The van der Waals surface area contributed by atoms with Crippen molar-refractivity contribution >= 4 is 21.9 Å². The zero-order valence-corrected chi connectivity index (χ0v) is 34.1. The number of furan rings is 1. The second-order valence-corrected chi connectivity index (χ2v) is 15.7. The second kappa shape index (κ2) is 16.1. The van der Waals surface area contributed by atoms with Gasteiger partial charge in [0.25, 0.3) is 0 Å². The lowest BCUT2D eigenvalue weighted by Crippen LogP contribution is -1.88. The predicted molar refractivity (Wildman–Crippen MR) is 258 cm³/mol. The topological polar surface area (TPSA) is 62.7 Å². The molecule has 0 radical (unpaired) electrons. The van der Waals surface area contributed by atoms with Gasteiger partial charge < -0.3 is 4.42 Å². The molecule has 0 N–H and O–H groups in total. The Bertz CT molecular complexity index is 3440. The molecule has 0 fully saturated rings. The number of pyridine rings is 2. The molecule has 4 heteroatoms. The van der Waals surface area contributed by atoms with Gasteiger partial charge in [0.05, 0.1) is 23.0 Å². The highest BCUT2D eigenvalue weighted by Gasteiger charge is 2.17. The molecule has 0 spiro atoms. The molecule has 11 aromatic rings. The Balaban J connectivity index is 0.979. The highest BCUT2D eigenvalue weighted by molar-refractivity contribution is 6.13. The molecule has 0 bridgehead atoms. The van der Waals surface area contributed by atoms with E-state index < -0.39 is 0 Å². The van der Waals surface area contributed by atoms with Crippen molar-refractivity contribution in [2.24, 2.45) is 0 Å². The Hall–Kier alpha value is -8.65. The lowest BCUT2D eigenvalue weighted by Gasteiger charge is -2.13. The maximum absolute atomic E-state index is 9.20. The number of hydrogen-bond acceptors (Lipinski definition) is 4. The maximum Gasteiger partial charge on any atom is 0.143 e. The third-order valence-corrected chi connectivity index (χ3v) is 11.9. The van der Waals surface area contributed by atoms with E-state index in [4.69, 9.17) is 14.4 Å². The summed E-state index contributed by atoms with van der Waals surface area (Å²) in [6, 6.07) is 76.0. The number of nitrogens with zero attached hydrogens (tertiary/aromatic N) is 3. The zero-order valence-electron chi connectivity index (χ0n) is 34.1. The predicted octanol–water partition coefficient (Wildman–Crippen LogP) is 15.6. The molecule has 8 aromatic carbocycles. The first-order valence-corrected chi connectivity index (χ1v) is 21.0. The van der Waals surface area contributed by atoms with E-state index in [2.05, 4.69) is 164 Å². The van der Waals surface area contributed by atoms with Crippen LogP contribution < -0.4 is 0 Å². The van der Waals surface area contributed by atoms with Crippen molar-refractivity contribution in [3.05, 3.63) is 230 Å². The first kappa shape index (κ1) is 37.4. The van der Waals surface area contributed by atoms with E-state index in [9.17, 15) is 5.26 Å². The molecular weight excluding hydrogens is 767 g/mol. The monoisotopic (exact) mass is 803 g/mol. The highest BCUT2D eigenvalue weighted by Crippen LogP contribution is 2.42. The summed E-state index contributed by atoms with van der Waals surface area (Å²) in [5, 5.41) is 11.4. The van der Waals surface area contributed by atoms with Gasteiger partial charge in [0, 0.05) is 56.5 Å². The van der Waals surface area contributed by atoms with Crippen LogP contribution in [0, 0.1) is 11.3 Å². The van der Waals surface area contributed by atoms with Gasteiger partial charge in [-0.3, -0.25) is 9.97 Å². The fourth-order valence-corrected chi connectivity index (χ4v) is 8.51. The van der Waals surface area contributed by atoms with E-state index in [-0.39, 0.29) is 0 Å². The maximum atomic E-state index is 9.20. The van der Waals surface area contributed by atoms with Crippen LogP contribution >= 0.6 is 0 Å². The largest absolute Gasteiger partial charge is 0.455 e. The van der Waals surface area contributed by atoms with Crippen molar-refractivity contribution in [1.82, 2.24) is 9.97 Å². The summed E-state index contributed by atoms with van der Waals surface area (Å²) in [6.45, 7) is 0. The van der Waals surface area contributed by atoms with Gasteiger partial charge in [0.1, 0.15) is 11.2 Å². The molecule has 0 amide bonds. The molecule has 0 aliphatic carbocycles. The molecule has 3 aromatic heterocycles. The summed E-state index contributed by atoms with van der Waals surface area (Å²) in [5.74, 6) is 0. The van der Waals surface area contributed by atoms with E-state index in [1.54, 1.807) is 0 Å². The Morgan fingerprint density at radius 1 is 0.317 bits per heavy atom. The molecular formula is C59H37N3O. The number of aromatic nitrogens is 2. The Morgan fingerprint density at radius 3 is 1.17 bits per heavy atom. The van der Waals surface area contributed by atoms with Gasteiger partial charge in [-0.1, -0.05) is 170 Å². The van der Waals surface area contributed by atoms with Crippen molar-refractivity contribution in [2.45, 2.75) is 0 Å². The fourth-order valence-electron chi connectivity index (χ4n) is 8.51. The van der Waals surface area contributed by atoms with E-state index in [1.165, 1.54) is 0 Å². The lowest BCUT2D eigenvalue weighted by molar-refractivity contribution is 0.671. The van der Waals surface area contributed by atoms with Gasteiger partial charge in [-0.25, -0.2) is 0 Å². The Labute approximate surface area is 365 Å². The molecule has 0 saturated heterocycles. The minimum absolute atomic E-state index is 0.633. The number of benzene rings is 8. The average Bonchev–Trinajstić information content (AvgIpc) is 3.76. The van der Waals surface area contributed by atoms with Crippen LogP contribution in [-0.2, 0) is 0 Å². The Kier molecular flexibility index (Phi) is 9.54. The average molecular weight is 804 g/mol. The molecule has 11 rings (SSSR count). The van der Waals surface area contributed by atoms with Crippen LogP contribution in [0.4, 0.5) is 0 Å². The summed E-state index contributed by atoms with van der Waals surface area (Å²) >= 11 is 0. The summed E-state index contributed by atoms with van der Waals surface area (Å²) in [7, 11) is 0. The van der Waals surface area contributed by atoms with Crippen molar-refractivity contribution in [1.29, 1.82) is 5.26 Å². The van der Waals surface area contributed by atoms with Crippen LogP contribution in [0.1, 0.15) is 5.56 Å². The number of para-hydroxylation sites is 2. The first-order valence-electron chi connectivity index (χ1n) is 21.0. The minimum atomic E-state index is 0.633.